The third kappa shape index (κ3) is 7.32. The van der Waals surface area contributed by atoms with E-state index < -0.39 is 17.4 Å². The van der Waals surface area contributed by atoms with Gasteiger partial charge < -0.3 is 15.2 Å². The monoisotopic (exact) mass is 773 g/mol. The van der Waals surface area contributed by atoms with Crippen molar-refractivity contribution in [3.8, 4) is 0 Å². The van der Waals surface area contributed by atoms with Crippen molar-refractivity contribution in [2.75, 3.05) is 19.6 Å². The Morgan fingerprint density at radius 2 is 1.61 bits per heavy atom. The Labute approximate surface area is 337 Å². The summed E-state index contributed by atoms with van der Waals surface area (Å²) in [6, 6.07) is 10.6. The van der Waals surface area contributed by atoms with Crippen LogP contribution in [0.25, 0.3) is 0 Å². The lowest BCUT2D eigenvalue weighted by Crippen LogP contribution is -2.65. The molecule has 0 aliphatic heterocycles. The van der Waals surface area contributed by atoms with E-state index >= 15 is 0 Å². The van der Waals surface area contributed by atoms with Gasteiger partial charge in [0.1, 0.15) is 6.10 Å². The Morgan fingerprint density at radius 1 is 0.911 bits per heavy atom. The molecular weight excluding hydrogens is 701 g/mol. The number of amides is 1. The highest BCUT2D eigenvalue weighted by molar-refractivity contribution is 6.00. The van der Waals surface area contributed by atoms with Gasteiger partial charge >= 0.3 is 11.9 Å². The minimum absolute atomic E-state index is 0.00727. The topological polar surface area (TPSA) is 113 Å². The summed E-state index contributed by atoms with van der Waals surface area (Å²) in [6.45, 7) is 24.6. The summed E-state index contributed by atoms with van der Waals surface area (Å²) in [5, 5.41) is 12.7. The number of benzene rings is 1. The second-order valence-electron chi connectivity index (χ2n) is 21.2. The number of carboxylic acids is 1. The molecule has 1 aromatic rings. The van der Waals surface area contributed by atoms with Crippen LogP contribution < -0.4 is 5.32 Å². The molecule has 310 valence electrons. The Hall–Kier alpha value is -3.00. The quantitative estimate of drug-likeness (QED) is 0.192. The second-order valence-corrected chi connectivity index (χ2v) is 21.2. The molecule has 2 unspecified atom stereocenters. The summed E-state index contributed by atoms with van der Waals surface area (Å²) in [5.41, 5.74) is 2.67. The number of ketones is 1. The number of aliphatic carboxylic acids is 1. The zero-order valence-corrected chi connectivity index (χ0v) is 36.3. The van der Waals surface area contributed by atoms with E-state index in [9.17, 15) is 24.3 Å². The molecule has 56 heavy (non-hydrogen) atoms. The number of rotatable bonds is 13. The molecule has 1 amide bonds. The number of Topliss-reactive ketones (excluding diaryl/α,β-unsaturated/α-hetero) is 1. The van der Waals surface area contributed by atoms with Gasteiger partial charge in [-0.15, -0.1) is 0 Å². The van der Waals surface area contributed by atoms with Crippen LogP contribution >= 0.6 is 0 Å². The van der Waals surface area contributed by atoms with Crippen LogP contribution in [0.2, 0.25) is 0 Å². The van der Waals surface area contributed by atoms with Crippen molar-refractivity contribution in [3.63, 3.8) is 0 Å². The van der Waals surface area contributed by atoms with Gasteiger partial charge in [-0.05, 0) is 129 Å². The van der Waals surface area contributed by atoms with Crippen LogP contribution in [0.3, 0.4) is 0 Å². The Morgan fingerprint density at radius 3 is 2.25 bits per heavy atom. The number of carbonyl (C=O) groups excluding carboxylic acids is 3. The van der Waals surface area contributed by atoms with Crippen molar-refractivity contribution < 1.29 is 29.0 Å². The number of hydrogen-bond donors (Lipinski definition) is 2. The Kier molecular flexibility index (Phi) is 11.6. The van der Waals surface area contributed by atoms with E-state index in [4.69, 9.17) is 4.74 Å². The summed E-state index contributed by atoms with van der Waals surface area (Å²) in [7, 11) is 0. The van der Waals surface area contributed by atoms with Gasteiger partial charge in [-0.3, -0.25) is 24.1 Å². The van der Waals surface area contributed by atoms with E-state index in [1.165, 1.54) is 11.1 Å². The smallest absolute Gasteiger partial charge is 0.309 e. The molecule has 4 fully saturated rings. The van der Waals surface area contributed by atoms with E-state index in [-0.39, 0.29) is 51.4 Å². The molecule has 8 atom stereocenters. The van der Waals surface area contributed by atoms with Crippen molar-refractivity contribution in [1.29, 1.82) is 0 Å². The average Bonchev–Trinajstić information content (AvgIpc) is 3.41. The van der Waals surface area contributed by atoms with Gasteiger partial charge in [-0.1, -0.05) is 84.4 Å². The molecule has 5 aliphatic carbocycles. The number of hydrogen-bond acceptors (Lipinski definition) is 6. The van der Waals surface area contributed by atoms with Crippen LogP contribution in [0.5, 0.6) is 0 Å². The second kappa shape index (κ2) is 15.3. The molecule has 1 aromatic carbocycles. The third-order valence-electron chi connectivity index (χ3n) is 16.9. The van der Waals surface area contributed by atoms with E-state index in [2.05, 4.69) is 89.0 Å². The zero-order chi connectivity index (χ0) is 41.1. The highest BCUT2D eigenvalue weighted by Gasteiger charge is 2.70. The number of allylic oxidation sites excluding steroid dienone is 2. The first-order chi connectivity index (χ1) is 26.1. The fourth-order valence-electron chi connectivity index (χ4n) is 13.7. The van der Waals surface area contributed by atoms with Gasteiger partial charge in [-0.2, -0.15) is 0 Å². The summed E-state index contributed by atoms with van der Waals surface area (Å²) < 4.78 is 6.20. The average molecular weight is 773 g/mol. The van der Waals surface area contributed by atoms with Crippen LogP contribution in [0, 0.1) is 56.2 Å². The van der Waals surface area contributed by atoms with Crippen molar-refractivity contribution in [3.05, 3.63) is 47.0 Å². The predicted molar refractivity (Wildman–Crippen MR) is 220 cm³/mol. The molecule has 0 aromatic heterocycles. The lowest BCUT2D eigenvalue weighted by Gasteiger charge is -2.72. The lowest BCUT2D eigenvalue weighted by molar-refractivity contribution is -0.233. The molecule has 8 heteroatoms. The lowest BCUT2D eigenvalue weighted by atomic mass is 9.33. The number of esters is 1. The SMILES string of the molecule is CC(=O)NCCN(CC[C@@]12CC[C@]3(C)[C@H](CCC4[C@@]5(C)CC[C@H](OC(=O)CC(C)(C)C(=O)O)C(C)(C)C5CC[C@]43C)C1=C(C(C)C)C(=O)C2)Cc1ccccc1. The number of carbonyl (C=O) groups is 4. The van der Waals surface area contributed by atoms with Crippen molar-refractivity contribution in [2.24, 2.45) is 56.2 Å². The Balaban J connectivity index is 1.26. The molecule has 2 N–H and O–H groups in total. The standard InChI is InChI=1S/C48H72N2O6/c1-31(2)40-35(52)28-48(24-26-50(27-25-49-32(3)51)30-33-14-12-11-13-15-33)23-22-46(9)34(41(40)48)16-17-37-45(8)20-19-38(56-39(53)29-43(4,5)42(54)55)44(6,7)36(45)18-21-47(37,46)10/h11-15,31,34,36-38H,16-30H2,1-10H3,(H,49,51)(H,54,55)/t34-,36?,37?,38+,45+,46-,47-,48-/m1/s1. The highest BCUT2D eigenvalue weighted by Crippen LogP contribution is 2.77. The van der Waals surface area contributed by atoms with Crippen molar-refractivity contribution in [1.82, 2.24) is 10.2 Å². The summed E-state index contributed by atoms with van der Waals surface area (Å²) >= 11 is 0. The van der Waals surface area contributed by atoms with Gasteiger partial charge in [0.2, 0.25) is 5.91 Å². The van der Waals surface area contributed by atoms with Crippen LogP contribution in [-0.4, -0.2) is 59.4 Å². The first-order valence-corrected chi connectivity index (χ1v) is 21.8. The fraction of sp³-hybridized carbons (Fsp3) is 0.750. The van der Waals surface area contributed by atoms with Gasteiger partial charge in [0.05, 0.1) is 11.8 Å². The molecule has 5 aliphatic rings. The first kappa shape index (κ1) is 42.6. The van der Waals surface area contributed by atoms with E-state index in [1.807, 2.05) is 0 Å². The van der Waals surface area contributed by atoms with Crippen LogP contribution in [0.4, 0.5) is 0 Å². The van der Waals surface area contributed by atoms with E-state index in [0.717, 1.165) is 83.0 Å². The molecule has 0 radical (unpaired) electrons. The minimum atomic E-state index is -1.16. The minimum Gasteiger partial charge on any atom is -0.481 e. The van der Waals surface area contributed by atoms with Crippen LogP contribution in [0.1, 0.15) is 145 Å². The van der Waals surface area contributed by atoms with Crippen molar-refractivity contribution >= 4 is 23.6 Å². The van der Waals surface area contributed by atoms with Gasteiger partial charge in [0, 0.05) is 43.8 Å². The maximum Gasteiger partial charge on any atom is 0.309 e. The van der Waals surface area contributed by atoms with Gasteiger partial charge in [0.25, 0.3) is 0 Å². The highest BCUT2D eigenvalue weighted by atomic mass is 16.5. The van der Waals surface area contributed by atoms with Crippen LogP contribution in [-0.2, 0) is 30.5 Å². The third-order valence-corrected chi connectivity index (χ3v) is 16.9. The van der Waals surface area contributed by atoms with Crippen LogP contribution in [0.15, 0.2) is 41.5 Å². The van der Waals surface area contributed by atoms with Crippen molar-refractivity contribution in [2.45, 2.75) is 153 Å². The summed E-state index contributed by atoms with van der Waals surface area (Å²) in [6.07, 6.45) is 9.66. The number of carboxylic acid groups (broad SMARTS) is 1. The normalized spacial score (nSPS) is 35.0. The summed E-state index contributed by atoms with van der Waals surface area (Å²) in [5.74, 6) is 0.467. The molecule has 0 bridgehead atoms. The number of nitrogens with zero attached hydrogens (tertiary/aromatic N) is 1. The van der Waals surface area contributed by atoms with E-state index in [1.54, 1.807) is 20.8 Å². The predicted octanol–water partition coefficient (Wildman–Crippen LogP) is 9.41. The zero-order valence-electron chi connectivity index (χ0n) is 36.3. The van der Waals surface area contributed by atoms with Gasteiger partial charge in [0.15, 0.2) is 5.78 Å². The maximum absolute atomic E-state index is 14.3. The number of ether oxygens (including phenoxy) is 1. The maximum atomic E-state index is 14.3. The largest absolute Gasteiger partial charge is 0.481 e. The number of nitrogens with one attached hydrogen (secondary N) is 1. The van der Waals surface area contributed by atoms with E-state index in [0.29, 0.717) is 36.5 Å². The fourth-order valence-corrected chi connectivity index (χ4v) is 13.7. The summed E-state index contributed by atoms with van der Waals surface area (Å²) in [4.78, 5) is 53.5. The van der Waals surface area contributed by atoms with Gasteiger partial charge in [-0.25, -0.2) is 0 Å². The molecule has 4 saturated carbocycles. The molecular formula is C48H72N2O6. The molecule has 0 spiro atoms. The first-order valence-electron chi connectivity index (χ1n) is 21.8. The molecule has 0 heterocycles. The molecule has 8 nitrogen and oxygen atoms in total. The molecule has 0 saturated heterocycles. The molecule has 6 rings (SSSR count). The Bertz CT molecular complexity index is 1710. The number of fused-ring (bicyclic) bond motifs is 7.